The molecule has 0 N–H and O–H groups in total. The molecule has 2 saturated heterocycles. The maximum Gasteiger partial charge on any atom is 0.243 e. The molecule has 3 fully saturated rings. The van der Waals surface area contributed by atoms with E-state index in [-0.39, 0.29) is 5.92 Å². The summed E-state index contributed by atoms with van der Waals surface area (Å²) in [6, 6.07) is 5.17. The molecule has 0 radical (unpaired) electrons. The Hall–Kier alpha value is -1.80. The van der Waals surface area contributed by atoms with Crippen molar-refractivity contribution in [2.24, 2.45) is 11.8 Å². The minimum atomic E-state index is -3.53. The normalized spacial score (nSPS) is 23.9. The fraction of sp³-hybridized carbons (Fsp3) is 0.708. The average molecular weight is 464 g/mol. The molecule has 0 bridgehead atoms. The minimum absolute atomic E-state index is 0.185. The van der Waals surface area contributed by atoms with Crippen LogP contribution in [0.1, 0.15) is 51.9 Å². The molecular weight excluding hydrogens is 426 g/mol. The van der Waals surface area contributed by atoms with Crippen LogP contribution in [0.25, 0.3) is 0 Å². The first-order valence-corrected chi connectivity index (χ1v) is 13.6. The zero-order valence-corrected chi connectivity index (χ0v) is 20.3. The molecule has 1 aromatic rings. The first kappa shape index (κ1) is 23.4. The number of carbonyl (C=O) groups is 1. The number of ether oxygens (including phenoxy) is 1. The van der Waals surface area contributed by atoms with Gasteiger partial charge in [-0.05, 0) is 49.8 Å². The van der Waals surface area contributed by atoms with Crippen molar-refractivity contribution >= 4 is 21.6 Å². The van der Waals surface area contributed by atoms with E-state index < -0.39 is 10.0 Å². The molecule has 7 nitrogen and oxygen atoms in total. The smallest absolute Gasteiger partial charge is 0.243 e. The van der Waals surface area contributed by atoms with Crippen molar-refractivity contribution in [3.05, 3.63) is 18.2 Å². The number of methoxy groups -OCH3 is 1. The van der Waals surface area contributed by atoms with Crippen LogP contribution in [-0.4, -0.2) is 69.9 Å². The molecule has 1 aliphatic carbocycles. The molecule has 1 atom stereocenters. The van der Waals surface area contributed by atoms with Gasteiger partial charge in [-0.25, -0.2) is 8.42 Å². The highest BCUT2D eigenvalue weighted by Crippen LogP contribution is 2.34. The summed E-state index contributed by atoms with van der Waals surface area (Å²) in [5.41, 5.74) is 0.795. The van der Waals surface area contributed by atoms with Gasteiger partial charge in [0.15, 0.2) is 0 Å². The lowest BCUT2D eigenvalue weighted by Crippen LogP contribution is -2.50. The van der Waals surface area contributed by atoms with Crippen LogP contribution >= 0.6 is 0 Å². The predicted molar refractivity (Wildman–Crippen MR) is 126 cm³/mol. The van der Waals surface area contributed by atoms with Gasteiger partial charge < -0.3 is 14.5 Å². The molecule has 2 heterocycles. The Bertz CT molecular complexity index is 906. The number of benzene rings is 1. The molecule has 0 unspecified atom stereocenters. The van der Waals surface area contributed by atoms with Crippen molar-refractivity contribution in [2.45, 2.75) is 56.8 Å². The lowest BCUT2D eigenvalue weighted by molar-refractivity contribution is -0.136. The number of piperazine rings is 1. The van der Waals surface area contributed by atoms with E-state index in [0.29, 0.717) is 61.7 Å². The second kappa shape index (κ2) is 10.00. The van der Waals surface area contributed by atoms with E-state index >= 15 is 0 Å². The van der Waals surface area contributed by atoms with Crippen molar-refractivity contribution in [3.8, 4) is 5.75 Å². The van der Waals surface area contributed by atoms with Gasteiger partial charge in [-0.1, -0.05) is 26.2 Å². The van der Waals surface area contributed by atoms with Crippen LogP contribution in [0.15, 0.2) is 23.1 Å². The molecule has 2 aliphatic heterocycles. The molecule has 1 saturated carbocycles. The molecule has 0 spiro atoms. The van der Waals surface area contributed by atoms with Gasteiger partial charge in [-0.2, -0.15) is 4.31 Å². The first-order valence-electron chi connectivity index (χ1n) is 12.1. The molecule has 1 aromatic carbocycles. The van der Waals surface area contributed by atoms with Crippen molar-refractivity contribution < 1.29 is 17.9 Å². The van der Waals surface area contributed by atoms with Gasteiger partial charge in [0, 0.05) is 45.2 Å². The van der Waals surface area contributed by atoms with Crippen molar-refractivity contribution in [1.82, 2.24) is 9.21 Å². The van der Waals surface area contributed by atoms with Crippen LogP contribution in [0, 0.1) is 11.8 Å². The van der Waals surface area contributed by atoms with Gasteiger partial charge in [0.25, 0.3) is 0 Å². The van der Waals surface area contributed by atoms with Crippen molar-refractivity contribution in [1.29, 1.82) is 0 Å². The SMILES string of the molecule is COc1ccc(S(=O)(=O)N2CCC[C@H](C)C2)cc1N1CCN(C(=O)C2CCCCC2)CC1. The minimum Gasteiger partial charge on any atom is -0.495 e. The number of hydrogen-bond acceptors (Lipinski definition) is 5. The highest BCUT2D eigenvalue weighted by molar-refractivity contribution is 7.89. The van der Waals surface area contributed by atoms with Crippen molar-refractivity contribution in [3.63, 3.8) is 0 Å². The lowest BCUT2D eigenvalue weighted by Gasteiger charge is -2.38. The fourth-order valence-electron chi connectivity index (χ4n) is 5.37. The van der Waals surface area contributed by atoms with Gasteiger partial charge in [0.05, 0.1) is 17.7 Å². The highest BCUT2D eigenvalue weighted by atomic mass is 32.2. The number of amides is 1. The van der Waals surface area contributed by atoms with E-state index in [4.69, 9.17) is 4.74 Å². The van der Waals surface area contributed by atoms with Gasteiger partial charge in [-0.15, -0.1) is 0 Å². The summed E-state index contributed by atoms with van der Waals surface area (Å²) in [5.74, 6) is 1.53. The van der Waals surface area contributed by atoms with Gasteiger partial charge in [-0.3, -0.25) is 4.79 Å². The molecular formula is C24H37N3O4S. The van der Waals surface area contributed by atoms with Gasteiger partial charge >= 0.3 is 0 Å². The van der Waals surface area contributed by atoms with Crippen LogP contribution in [0.2, 0.25) is 0 Å². The number of piperidine rings is 1. The average Bonchev–Trinajstić information content (AvgIpc) is 2.84. The zero-order valence-electron chi connectivity index (χ0n) is 19.5. The molecule has 178 valence electrons. The summed E-state index contributed by atoms with van der Waals surface area (Å²) in [6.07, 6.45) is 7.57. The Morgan fingerprint density at radius 3 is 2.34 bits per heavy atom. The molecule has 3 aliphatic rings. The molecule has 8 heteroatoms. The number of rotatable bonds is 5. The summed E-state index contributed by atoms with van der Waals surface area (Å²) in [6.45, 7) is 5.95. The zero-order chi connectivity index (χ0) is 22.7. The summed E-state index contributed by atoms with van der Waals surface area (Å²) < 4.78 is 33.8. The van der Waals surface area contributed by atoms with Gasteiger partial charge in [0.2, 0.25) is 15.9 Å². The van der Waals surface area contributed by atoms with E-state index in [2.05, 4.69) is 11.8 Å². The van der Waals surface area contributed by atoms with E-state index in [1.807, 2.05) is 4.90 Å². The molecule has 0 aromatic heterocycles. The summed E-state index contributed by atoms with van der Waals surface area (Å²) in [5, 5.41) is 0. The number of anilines is 1. The second-order valence-corrected chi connectivity index (χ2v) is 11.5. The summed E-state index contributed by atoms with van der Waals surface area (Å²) >= 11 is 0. The largest absolute Gasteiger partial charge is 0.495 e. The van der Waals surface area contributed by atoms with Crippen LogP contribution in [0.3, 0.4) is 0 Å². The predicted octanol–water partition coefficient (Wildman–Crippen LogP) is 3.34. The molecule has 4 rings (SSSR count). The summed E-state index contributed by atoms with van der Waals surface area (Å²) in [4.78, 5) is 17.4. The Morgan fingerprint density at radius 2 is 1.69 bits per heavy atom. The maximum absolute atomic E-state index is 13.3. The number of sulfonamides is 1. The number of hydrogen-bond donors (Lipinski definition) is 0. The topological polar surface area (TPSA) is 70.2 Å². The van der Waals surface area contributed by atoms with Crippen LogP contribution in [-0.2, 0) is 14.8 Å². The first-order chi connectivity index (χ1) is 15.4. The Labute approximate surface area is 192 Å². The van der Waals surface area contributed by atoms with E-state index in [9.17, 15) is 13.2 Å². The van der Waals surface area contributed by atoms with E-state index in [1.165, 1.54) is 6.42 Å². The monoisotopic (exact) mass is 463 g/mol. The van der Waals surface area contributed by atoms with E-state index in [1.54, 1.807) is 29.6 Å². The van der Waals surface area contributed by atoms with Crippen molar-refractivity contribution in [2.75, 3.05) is 51.3 Å². The quantitative estimate of drug-likeness (QED) is 0.670. The number of carbonyl (C=O) groups excluding carboxylic acids is 1. The third-order valence-corrected chi connectivity index (χ3v) is 9.16. The third-order valence-electron chi connectivity index (χ3n) is 7.29. The highest BCUT2D eigenvalue weighted by Gasteiger charge is 2.32. The molecule has 32 heavy (non-hydrogen) atoms. The Morgan fingerprint density at radius 1 is 0.969 bits per heavy atom. The number of nitrogens with zero attached hydrogens (tertiary/aromatic N) is 3. The van der Waals surface area contributed by atoms with Crippen LogP contribution in [0.4, 0.5) is 5.69 Å². The van der Waals surface area contributed by atoms with E-state index in [0.717, 1.165) is 44.2 Å². The maximum atomic E-state index is 13.3. The lowest BCUT2D eigenvalue weighted by atomic mass is 9.88. The Kier molecular flexibility index (Phi) is 7.30. The standard InChI is InChI=1S/C24H37N3O4S/c1-19-7-6-12-27(18-19)32(29,30)21-10-11-23(31-2)22(17-21)25-13-15-26(16-14-25)24(28)20-8-4-3-5-9-20/h10-11,17,19-20H,3-9,12-16,18H2,1-2H3/t19-/m0/s1. The van der Waals surface area contributed by atoms with Gasteiger partial charge in [0.1, 0.15) is 5.75 Å². The fourth-order valence-corrected chi connectivity index (χ4v) is 6.99. The van der Waals surface area contributed by atoms with Crippen LogP contribution < -0.4 is 9.64 Å². The Balaban J connectivity index is 1.48. The summed E-state index contributed by atoms with van der Waals surface area (Å²) in [7, 11) is -1.92. The van der Waals surface area contributed by atoms with Crippen LogP contribution in [0.5, 0.6) is 5.75 Å². The second-order valence-electron chi connectivity index (χ2n) is 9.59. The molecule has 1 amide bonds. The third kappa shape index (κ3) is 4.91.